The molecule has 1 saturated heterocycles. The minimum Gasteiger partial charge on any atom is -0.463 e. The van der Waals surface area contributed by atoms with E-state index in [9.17, 15) is 9.90 Å². The van der Waals surface area contributed by atoms with Crippen LogP contribution in [0.15, 0.2) is 0 Å². The number of hydrogen-bond donors (Lipinski definition) is 1. The Bertz CT molecular complexity index is 183. The van der Waals surface area contributed by atoms with Crippen molar-refractivity contribution in [2.75, 3.05) is 6.61 Å². The van der Waals surface area contributed by atoms with Crippen LogP contribution < -0.4 is 0 Å². The van der Waals surface area contributed by atoms with E-state index >= 15 is 0 Å². The normalized spacial score (nSPS) is 26.1. The maximum Gasteiger partial charge on any atom is 0.335 e. The molecule has 0 saturated carbocycles. The van der Waals surface area contributed by atoms with Crippen molar-refractivity contribution in [1.29, 1.82) is 0 Å². The first kappa shape index (κ1) is 10.5. The van der Waals surface area contributed by atoms with Gasteiger partial charge in [0.2, 0.25) is 0 Å². The van der Waals surface area contributed by atoms with Gasteiger partial charge >= 0.3 is 5.97 Å². The Morgan fingerprint density at radius 1 is 1.46 bits per heavy atom. The Kier molecular flexibility index (Phi) is 3.31. The summed E-state index contributed by atoms with van der Waals surface area (Å²) in [4.78, 5) is 11.1. The smallest absolute Gasteiger partial charge is 0.335 e. The predicted molar refractivity (Wildman–Crippen MR) is 49.2 cm³/mol. The molecule has 1 atom stereocenters. The van der Waals surface area contributed by atoms with Gasteiger partial charge in [-0.15, -0.1) is 0 Å². The highest BCUT2D eigenvalue weighted by atomic mass is 16.6. The van der Waals surface area contributed by atoms with Gasteiger partial charge in [-0.1, -0.05) is 26.7 Å². The first-order valence-electron chi connectivity index (χ1n) is 5.01. The average Bonchev–Trinajstić information content (AvgIpc) is 2.36. The molecule has 0 radical (unpaired) electrons. The lowest BCUT2D eigenvalue weighted by Gasteiger charge is -2.27. The van der Waals surface area contributed by atoms with Crippen LogP contribution in [0.25, 0.3) is 0 Å². The van der Waals surface area contributed by atoms with Crippen LogP contribution in [0.4, 0.5) is 0 Å². The third-order valence-electron chi connectivity index (χ3n) is 2.80. The highest BCUT2D eigenvalue weighted by Crippen LogP contribution is 2.38. The summed E-state index contributed by atoms with van der Waals surface area (Å²) in [5.41, 5.74) is -0.291. The van der Waals surface area contributed by atoms with Gasteiger partial charge in [0, 0.05) is 5.41 Å². The number of carbonyl (C=O) groups is 1. The molecule has 76 valence electrons. The van der Waals surface area contributed by atoms with Crippen LogP contribution in [0.3, 0.4) is 0 Å². The number of rotatable bonds is 4. The van der Waals surface area contributed by atoms with Crippen LogP contribution in [0.5, 0.6) is 0 Å². The standard InChI is InChI=1S/C10H18O3/c1-3-5-10(6-4-2)7-13-9(12)8(10)11/h8,11H,3-7H2,1-2H3/t8-/m1/s1. The van der Waals surface area contributed by atoms with E-state index in [0.717, 1.165) is 25.7 Å². The molecule has 3 heteroatoms. The number of esters is 1. The lowest BCUT2D eigenvalue weighted by atomic mass is 9.77. The summed E-state index contributed by atoms with van der Waals surface area (Å²) in [6, 6.07) is 0. The van der Waals surface area contributed by atoms with Gasteiger partial charge < -0.3 is 9.84 Å². The molecule has 13 heavy (non-hydrogen) atoms. The quantitative estimate of drug-likeness (QED) is 0.677. The summed E-state index contributed by atoms with van der Waals surface area (Å²) >= 11 is 0. The molecule has 0 unspecified atom stereocenters. The van der Waals surface area contributed by atoms with Gasteiger partial charge in [0.05, 0.1) is 0 Å². The second-order valence-electron chi connectivity index (χ2n) is 3.87. The maximum absolute atomic E-state index is 11.1. The molecule has 1 rings (SSSR count). The second-order valence-corrected chi connectivity index (χ2v) is 3.87. The molecule has 0 bridgehead atoms. The number of ether oxygens (including phenoxy) is 1. The fraction of sp³-hybridized carbons (Fsp3) is 0.900. The van der Waals surface area contributed by atoms with Crippen molar-refractivity contribution in [3.8, 4) is 0 Å². The zero-order valence-corrected chi connectivity index (χ0v) is 8.38. The van der Waals surface area contributed by atoms with Crippen LogP contribution in [-0.2, 0) is 9.53 Å². The van der Waals surface area contributed by atoms with Gasteiger partial charge in [0.25, 0.3) is 0 Å². The Morgan fingerprint density at radius 2 is 2.00 bits per heavy atom. The Hall–Kier alpha value is -0.570. The minimum atomic E-state index is -0.896. The maximum atomic E-state index is 11.1. The van der Waals surface area contributed by atoms with Crippen molar-refractivity contribution in [2.24, 2.45) is 5.41 Å². The third kappa shape index (κ3) is 1.85. The van der Waals surface area contributed by atoms with Crippen LogP contribution >= 0.6 is 0 Å². The topological polar surface area (TPSA) is 46.5 Å². The number of aliphatic hydroxyl groups excluding tert-OH is 1. The van der Waals surface area contributed by atoms with E-state index < -0.39 is 12.1 Å². The van der Waals surface area contributed by atoms with Crippen LogP contribution in [0.1, 0.15) is 39.5 Å². The fourth-order valence-corrected chi connectivity index (χ4v) is 2.16. The zero-order valence-electron chi connectivity index (χ0n) is 8.38. The Morgan fingerprint density at radius 3 is 2.31 bits per heavy atom. The molecule has 0 aliphatic carbocycles. The first-order chi connectivity index (χ1) is 6.16. The first-order valence-corrected chi connectivity index (χ1v) is 5.01. The summed E-state index contributed by atoms with van der Waals surface area (Å²) in [7, 11) is 0. The third-order valence-corrected chi connectivity index (χ3v) is 2.80. The molecule has 0 amide bonds. The predicted octanol–water partition coefficient (Wildman–Crippen LogP) is 1.49. The van der Waals surface area contributed by atoms with E-state index in [-0.39, 0.29) is 5.41 Å². The highest BCUT2D eigenvalue weighted by Gasteiger charge is 2.47. The summed E-state index contributed by atoms with van der Waals surface area (Å²) in [5.74, 6) is -0.443. The number of hydrogen-bond acceptors (Lipinski definition) is 3. The summed E-state index contributed by atoms with van der Waals surface area (Å²) in [6.45, 7) is 4.52. The van der Waals surface area contributed by atoms with Gasteiger partial charge in [-0.3, -0.25) is 0 Å². The van der Waals surface area contributed by atoms with E-state index in [1.54, 1.807) is 0 Å². The van der Waals surface area contributed by atoms with Crippen molar-refractivity contribution < 1.29 is 14.6 Å². The zero-order chi connectivity index (χ0) is 9.90. The van der Waals surface area contributed by atoms with Crippen LogP contribution in [-0.4, -0.2) is 23.8 Å². The van der Waals surface area contributed by atoms with E-state index in [1.165, 1.54) is 0 Å². The van der Waals surface area contributed by atoms with Crippen molar-refractivity contribution >= 4 is 5.97 Å². The van der Waals surface area contributed by atoms with Crippen molar-refractivity contribution in [2.45, 2.75) is 45.6 Å². The fourth-order valence-electron chi connectivity index (χ4n) is 2.16. The summed E-state index contributed by atoms with van der Waals surface area (Å²) in [6.07, 6.45) is 2.80. The molecule has 0 aromatic rings. The van der Waals surface area contributed by atoms with Gasteiger partial charge in [0.1, 0.15) is 6.61 Å². The highest BCUT2D eigenvalue weighted by molar-refractivity contribution is 5.77. The largest absolute Gasteiger partial charge is 0.463 e. The van der Waals surface area contributed by atoms with E-state index in [2.05, 4.69) is 13.8 Å². The Balaban J connectivity index is 2.72. The molecule has 1 N–H and O–H groups in total. The van der Waals surface area contributed by atoms with E-state index in [4.69, 9.17) is 4.74 Å². The minimum absolute atomic E-state index is 0.291. The van der Waals surface area contributed by atoms with Crippen LogP contribution in [0, 0.1) is 5.41 Å². The molecule has 0 aromatic carbocycles. The molecule has 1 aliphatic rings. The van der Waals surface area contributed by atoms with Gasteiger partial charge in [-0.2, -0.15) is 0 Å². The van der Waals surface area contributed by atoms with Gasteiger partial charge in [-0.25, -0.2) is 4.79 Å². The molecule has 1 heterocycles. The molecular weight excluding hydrogens is 168 g/mol. The number of carbonyl (C=O) groups excluding carboxylic acids is 1. The molecular formula is C10H18O3. The number of aliphatic hydroxyl groups is 1. The number of cyclic esters (lactones) is 1. The summed E-state index contributed by atoms with van der Waals surface area (Å²) in [5, 5.41) is 9.70. The monoisotopic (exact) mass is 186 g/mol. The van der Waals surface area contributed by atoms with Gasteiger partial charge in [-0.05, 0) is 12.8 Å². The average molecular weight is 186 g/mol. The van der Waals surface area contributed by atoms with E-state index in [1.807, 2.05) is 0 Å². The SMILES string of the molecule is CCCC1(CCC)COC(=O)[C@H]1O. The molecule has 1 fully saturated rings. The van der Waals surface area contributed by atoms with Gasteiger partial charge in [0.15, 0.2) is 6.10 Å². The lowest BCUT2D eigenvalue weighted by Crippen LogP contribution is -2.35. The van der Waals surface area contributed by atoms with Crippen molar-refractivity contribution in [3.05, 3.63) is 0 Å². The Labute approximate surface area is 79.1 Å². The van der Waals surface area contributed by atoms with E-state index in [0.29, 0.717) is 6.61 Å². The van der Waals surface area contributed by atoms with Crippen LogP contribution in [0.2, 0.25) is 0 Å². The molecule has 1 aliphatic heterocycles. The lowest BCUT2D eigenvalue weighted by molar-refractivity contribution is -0.145. The molecule has 0 spiro atoms. The van der Waals surface area contributed by atoms with Crippen molar-refractivity contribution in [3.63, 3.8) is 0 Å². The summed E-state index contributed by atoms with van der Waals surface area (Å²) < 4.78 is 4.90. The second kappa shape index (κ2) is 4.09. The molecule has 0 aromatic heterocycles. The molecule has 3 nitrogen and oxygen atoms in total. The van der Waals surface area contributed by atoms with Crippen molar-refractivity contribution in [1.82, 2.24) is 0 Å².